The molecule has 0 bridgehead atoms. The maximum atomic E-state index is 11.7. The van der Waals surface area contributed by atoms with Crippen molar-refractivity contribution in [2.45, 2.75) is 19.0 Å². The van der Waals surface area contributed by atoms with Crippen LogP contribution in [0.25, 0.3) is 0 Å². The van der Waals surface area contributed by atoms with Crippen LogP contribution in [0.5, 0.6) is 0 Å². The van der Waals surface area contributed by atoms with Gasteiger partial charge in [0.15, 0.2) is 0 Å². The Bertz CT molecular complexity index is 418. The third-order valence-corrected chi connectivity index (χ3v) is 2.27. The highest BCUT2D eigenvalue weighted by atomic mass is 16.4. The lowest BCUT2D eigenvalue weighted by atomic mass is 10.2. The Morgan fingerprint density at radius 3 is 2.83 bits per heavy atom. The number of nitrogens with two attached hydrogens (primary N) is 1. The fourth-order valence-corrected chi connectivity index (χ4v) is 1.37. The minimum atomic E-state index is -1.20. The zero-order chi connectivity index (χ0) is 13.5. The maximum absolute atomic E-state index is 11.7. The highest BCUT2D eigenvalue weighted by Crippen LogP contribution is 1.99. The molecule has 0 aliphatic rings. The van der Waals surface area contributed by atoms with Crippen molar-refractivity contribution in [3.05, 3.63) is 18.2 Å². The van der Waals surface area contributed by atoms with Crippen molar-refractivity contribution in [3.63, 3.8) is 0 Å². The van der Waals surface area contributed by atoms with Crippen LogP contribution in [0, 0.1) is 0 Å². The summed E-state index contributed by atoms with van der Waals surface area (Å²) in [7, 11) is 0. The van der Waals surface area contributed by atoms with Crippen molar-refractivity contribution in [3.8, 4) is 0 Å². The van der Waals surface area contributed by atoms with Crippen LogP contribution in [0.3, 0.4) is 0 Å². The monoisotopic (exact) mass is 256 g/mol. The average molecular weight is 256 g/mol. The fourth-order valence-electron chi connectivity index (χ4n) is 1.37. The first kappa shape index (κ1) is 14.1. The van der Waals surface area contributed by atoms with Gasteiger partial charge < -0.3 is 25.8 Å². The number of hydrogen-bond acceptors (Lipinski definition) is 5. The number of rotatable bonds is 7. The number of carboxylic acid groups (broad SMARTS) is 1. The number of nitrogens with zero attached hydrogens (tertiary/aromatic N) is 2. The first-order valence-electron chi connectivity index (χ1n) is 5.45. The van der Waals surface area contributed by atoms with Crippen molar-refractivity contribution < 1.29 is 19.8 Å². The lowest BCUT2D eigenvalue weighted by Crippen LogP contribution is -2.41. The highest BCUT2D eigenvalue weighted by Gasteiger charge is 2.21. The van der Waals surface area contributed by atoms with Gasteiger partial charge in [0.25, 0.3) is 5.91 Å². The molecule has 0 aliphatic carbocycles. The van der Waals surface area contributed by atoms with E-state index >= 15 is 0 Å². The molecular formula is C10H16N4O4. The van der Waals surface area contributed by atoms with E-state index in [0.29, 0.717) is 13.1 Å². The number of aliphatic hydroxyl groups is 1. The van der Waals surface area contributed by atoms with E-state index in [1.807, 2.05) is 0 Å². The lowest BCUT2D eigenvalue weighted by Gasteiger charge is -2.11. The molecule has 5 N–H and O–H groups in total. The maximum Gasteiger partial charge on any atom is 0.326 e. The van der Waals surface area contributed by atoms with Gasteiger partial charge in [0.2, 0.25) is 0 Å². The predicted molar refractivity (Wildman–Crippen MR) is 61.9 cm³/mol. The number of carboxylic acids is 1. The summed E-state index contributed by atoms with van der Waals surface area (Å²) in [4.78, 5) is 26.3. The van der Waals surface area contributed by atoms with E-state index < -0.39 is 17.9 Å². The first-order valence-corrected chi connectivity index (χ1v) is 5.45. The summed E-state index contributed by atoms with van der Waals surface area (Å²) in [6.45, 7) is 0.623. The summed E-state index contributed by atoms with van der Waals surface area (Å²) in [6, 6.07) is -1.12. The lowest BCUT2D eigenvalue weighted by molar-refractivity contribution is -0.139. The molecule has 0 aliphatic heterocycles. The summed E-state index contributed by atoms with van der Waals surface area (Å²) in [5.74, 6) is -1.79. The van der Waals surface area contributed by atoms with Crippen molar-refractivity contribution in [2.75, 3.05) is 13.2 Å². The summed E-state index contributed by atoms with van der Waals surface area (Å²) < 4.78 is 1.64. The first-order chi connectivity index (χ1) is 8.58. The van der Waals surface area contributed by atoms with Gasteiger partial charge in [-0.05, 0) is 0 Å². The molecule has 0 aromatic carbocycles. The molecule has 18 heavy (non-hydrogen) atoms. The van der Waals surface area contributed by atoms with Crippen molar-refractivity contribution in [2.24, 2.45) is 5.73 Å². The summed E-state index contributed by atoms with van der Waals surface area (Å²) in [6.07, 6.45) is 2.88. The van der Waals surface area contributed by atoms with E-state index in [4.69, 9.17) is 15.9 Å². The van der Waals surface area contributed by atoms with Gasteiger partial charge in [-0.15, -0.1) is 0 Å². The number of carbonyl (C=O) groups excluding carboxylic acids is 1. The van der Waals surface area contributed by atoms with Crippen LogP contribution >= 0.6 is 0 Å². The van der Waals surface area contributed by atoms with Gasteiger partial charge in [0, 0.05) is 32.3 Å². The molecule has 0 radical (unpaired) electrons. The van der Waals surface area contributed by atoms with Gasteiger partial charge in [0.1, 0.15) is 11.7 Å². The van der Waals surface area contributed by atoms with Crippen LogP contribution in [0.1, 0.15) is 16.9 Å². The summed E-state index contributed by atoms with van der Waals surface area (Å²) >= 11 is 0. The summed E-state index contributed by atoms with van der Waals surface area (Å²) in [5.41, 5.74) is 5.47. The van der Waals surface area contributed by atoms with E-state index in [1.165, 1.54) is 12.5 Å². The molecule has 1 amide bonds. The molecule has 0 saturated heterocycles. The Morgan fingerprint density at radius 2 is 2.28 bits per heavy atom. The molecule has 8 heteroatoms. The van der Waals surface area contributed by atoms with Crippen LogP contribution < -0.4 is 11.1 Å². The van der Waals surface area contributed by atoms with E-state index in [-0.39, 0.29) is 18.7 Å². The molecule has 1 atom stereocenters. The number of hydrogen-bond donors (Lipinski definition) is 4. The SMILES string of the molecule is NCCn1cnc(C(=O)N[C@@H](CCO)C(=O)O)c1. The minimum absolute atomic E-state index is 0.0510. The van der Waals surface area contributed by atoms with E-state index in [2.05, 4.69) is 10.3 Å². The van der Waals surface area contributed by atoms with Crippen molar-refractivity contribution in [1.82, 2.24) is 14.9 Å². The third kappa shape index (κ3) is 3.82. The van der Waals surface area contributed by atoms with Crippen molar-refractivity contribution >= 4 is 11.9 Å². The molecule has 1 heterocycles. The van der Waals surface area contributed by atoms with Gasteiger partial charge in [-0.25, -0.2) is 9.78 Å². The fraction of sp³-hybridized carbons (Fsp3) is 0.500. The molecule has 100 valence electrons. The van der Waals surface area contributed by atoms with Gasteiger partial charge in [0.05, 0.1) is 6.33 Å². The predicted octanol–water partition coefficient (Wildman–Crippen LogP) is -1.59. The van der Waals surface area contributed by atoms with Gasteiger partial charge in [-0.1, -0.05) is 0 Å². The number of aliphatic hydroxyl groups excluding tert-OH is 1. The van der Waals surface area contributed by atoms with E-state index in [9.17, 15) is 9.59 Å². The number of aromatic nitrogens is 2. The van der Waals surface area contributed by atoms with E-state index in [1.54, 1.807) is 4.57 Å². The van der Waals surface area contributed by atoms with Crippen LogP contribution in [-0.4, -0.2) is 50.8 Å². The van der Waals surface area contributed by atoms with Crippen LogP contribution in [0.15, 0.2) is 12.5 Å². The zero-order valence-corrected chi connectivity index (χ0v) is 9.74. The Balaban J connectivity index is 2.64. The van der Waals surface area contributed by atoms with Crippen LogP contribution in [0.2, 0.25) is 0 Å². The van der Waals surface area contributed by atoms with E-state index in [0.717, 1.165) is 0 Å². The second-order valence-electron chi connectivity index (χ2n) is 3.66. The molecule has 1 aromatic heterocycles. The van der Waals surface area contributed by atoms with Crippen LogP contribution in [-0.2, 0) is 11.3 Å². The molecule has 0 spiro atoms. The number of nitrogens with one attached hydrogen (secondary N) is 1. The Kier molecular flexibility index (Phi) is 5.28. The largest absolute Gasteiger partial charge is 0.480 e. The number of imidazole rings is 1. The number of amides is 1. The smallest absolute Gasteiger partial charge is 0.326 e. The Labute approximate surface area is 103 Å². The van der Waals surface area contributed by atoms with Crippen molar-refractivity contribution in [1.29, 1.82) is 0 Å². The van der Waals surface area contributed by atoms with Crippen LogP contribution in [0.4, 0.5) is 0 Å². The highest BCUT2D eigenvalue weighted by molar-refractivity contribution is 5.94. The van der Waals surface area contributed by atoms with Gasteiger partial charge >= 0.3 is 5.97 Å². The van der Waals surface area contributed by atoms with Gasteiger partial charge in [-0.2, -0.15) is 0 Å². The number of carbonyl (C=O) groups is 2. The molecule has 1 rings (SSSR count). The normalized spacial score (nSPS) is 12.1. The molecule has 0 saturated carbocycles. The second-order valence-corrected chi connectivity index (χ2v) is 3.66. The zero-order valence-electron chi connectivity index (χ0n) is 9.74. The molecule has 0 fully saturated rings. The minimum Gasteiger partial charge on any atom is -0.480 e. The second kappa shape index (κ2) is 6.72. The molecule has 8 nitrogen and oxygen atoms in total. The quantitative estimate of drug-likeness (QED) is 0.465. The Morgan fingerprint density at radius 1 is 1.56 bits per heavy atom. The standard InChI is InChI=1S/C10H16N4O4/c11-2-3-14-5-8(12-6-14)9(16)13-7(1-4-15)10(17)18/h5-7,15H,1-4,11H2,(H,13,16)(H,17,18)/t7-/m0/s1. The third-order valence-electron chi connectivity index (χ3n) is 2.27. The summed E-state index contributed by atoms with van der Waals surface area (Å²) in [5, 5.41) is 19.8. The molecular weight excluding hydrogens is 240 g/mol. The molecule has 1 aromatic rings. The topological polar surface area (TPSA) is 130 Å². The Hall–Kier alpha value is -1.93. The number of aliphatic carboxylic acids is 1. The van der Waals surface area contributed by atoms with Gasteiger partial charge in [-0.3, -0.25) is 4.79 Å². The molecule has 0 unspecified atom stereocenters. The average Bonchev–Trinajstić information content (AvgIpc) is 2.77.